The second-order valence-electron chi connectivity index (χ2n) is 3.66. The third-order valence-electron chi connectivity index (χ3n) is 2.16. The van der Waals surface area contributed by atoms with Gasteiger partial charge in [0, 0.05) is 6.07 Å². The lowest BCUT2D eigenvalue weighted by atomic mass is 10.1. The van der Waals surface area contributed by atoms with Crippen molar-refractivity contribution in [2.75, 3.05) is 6.61 Å². The topological polar surface area (TPSA) is 35.5 Å². The first kappa shape index (κ1) is 16.0. The van der Waals surface area contributed by atoms with Crippen LogP contribution in [-0.4, -0.2) is 19.0 Å². The number of alkyl halides is 2. The highest BCUT2D eigenvalue weighted by atomic mass is 35.5. The number of hydrogen-bond acceptors (Lipinski definition) is 3. The Kier molecular flexibility index (Phi) is 5.82. The summed E-state index contributed by atoms with van der Waals surface area (Å²) in [5, 5.41) is -0.0896. The Morgan fingerprint density at radius 2 is 2.05 bits per heavy atom. The minimum absolute atomic E-state index is 0.0262. The van der Waals surface area contributed by atoms with E-state index in [9.17, 15) is 13.6 Å². The van der Waals surface area contributed by atoms with Crippen LogP contribution >= 0.6 is 23.2 Å². The van der Waals surface area contributed by atoms with Gasteiger partial charge in [-0.2, -0.15) is 8.78 Å². The molecular weight excluding hydrogens is 301 g/mol. The van der Waals surface area contributed by atoms with Gasteiger partial charge in [0.25, 0.3) is 0 Å². The van der Waals surface area contributed by atoms with E-state index < -0.39 is 12.4 Å². The van der Waals surface area contributed by atoms with Crippen LogP contribution in [0.25, 0.3) is 0 Å². The van der Waals surface area contributed by atoms with Crippen LogP contribution in [0.2, 0.25) is 10.0 Å². The van der Waals surface area contributed by atoms with Gasteiger partial charge in [-0.3, -0.25) is 4.79 Å². The Morgan fingerprint density at radius 3 is 2.53 bits per heavy atom. The van der Waals surface area contributed by atoms with Crippen molar-refractivity contribution in [2.24, 2.45) is 0 Å². The zero-order valence-corrected chi connectivity index (χ0v) is 11.8. The summed E-state index contributed by atoms with van der Waals surface area (Å²) in [4.78, 5) is 11.5. The molecule has 1 aromatic carbocycles. The highest BCUT2D eigenvalue weighted by Crippen LogP contribution is 2.42. The fraction of sp³-hybridized carbons (Fsp3) is 0.417. The van der Waals surface area contributed by atoms with Crippen LogP contribution in [0.15, 0.2) is 6.07 Å². The summed E-state index contributed by atoms with van der Waals surface area (Å²) < 4.78 is 34.5. The molecular formula is C12H12Cl2F2O3. The summed E-state index contributed by atoms with van der Waals surface area (Å²) in [6.45, 7) is 0.199. The van der Waals surface area contributed by atoms with Crippen LogP contribution in [0.3, 0.4) is 0 Å². The van der Waals surface area contributed by atoms with Crippen LogP contribution in [0, 0.1) is 0 Å². The maximum Gasteiger partial charge on any atom is 0.387 e. The first-order valence-electron chi connectivity index (χ1n) is 5.49. The maximum atomic E-state index is 12.4. The van der Waals surface area contributed by atoms with Gasteiger partial charge < -0.3 is 9.47 Å². The van der Waals surface area contributed by atoms with Crippen molar-refractivity contribution in [3.05, 3.63) is 21.7 Å². The molecule has 106 valence electrons. The van der Waals surface area contributed by atoms with E-state index in [-0.39, 0.29) is 33.7 Å². The van der Waals surface area contributed by atoms with Gasteiger partial charge in [0.15, 0.2) is 17.3 Å². The highest BCUT2D eigenvalue weighted by molar-refractivity contribution is 6.44. The predicted molar refractivity (Wildman–Crippen MR) is 68.9 cm³/mol. The fourth-order valence-electron chi connectivity index (χ4n) is 1.43. The molecule has 0 spiro atoms. The molecule has 0 bridgehead atoms. The van der Waals surface area contributed by atoms with Gasteiger partial charge in [-0.15, -0.1) is 0 Å². The predicted octanol–water partition coefficient (Wildman–Crippen LogP) is 4.59. The molecule has 1 aromatic rings. The van der Waals surface area contributed by atoms with E-state index in [1.165, 1.54) is 13.0 Å². The Labute approximate surface area is 119 Å². The quantitative estimate of drug-likeness (QED) is 0.721. The van der Waals surface area contributed by atoms with Gasteiger partial charge >= 0.3 is 6.61 Å². The van der Waals surface area contributed by atoms with E-state index in [1.54, 1.807) is 0 Å². The molecule has 19 heavy (non-hydrogen) atoms. The molecule has 1 rings (SSSR count). The lowest BCUT2D eigenvalue weighted by molar-refractivity contribution is -0.0517. The van der Waals surface area contributed by atoms with Crippen molar-refractivity contribution in [1.82, 2.24) is 0 Å². The molecule has 0 saturated carbocycles. The summed E-state index contributed by atoms with van der Waals surface area (Å²) in [6, 6.07) is 1.25. The Hall–Kier alpha value is -1.07. The van der Waals surface area contributed by atoms with Crippen molar-refractivity contribution in [2.45, 2.75) is 26.9 Å². The average Bonchev–Trinajstić information content (AvgIpc) is 2.30. The second kappa shape index (κ2) is 6.91. The Balaban J connectivity index is 3.39. The number of carbonyl (C=O) groups excluding carboxylic acids is 1. The van der Waals surface area contributed by atoms with Gasteiger partial charge in [-0.25, -0.2) is 0 Å². The molecule has 0 fully saturated rings. The normalized spacial score (nSPS) is 10.7. The van der Waals surface area contributed by atoms with Crippen LogP contribution in [0.4, 0.5) is 8.78 Å². The SMILES string of the molecule is CCCOc1cc(Cl)c(Cl)c(C(C)=O)c1OC(F)F. The van der Waals surface area contributed by atoms with Gasteiger partial charge in [0.05, 0.1) is 22.2 Å². The van der Waals surface area contributed by atoms with Crippen molar-refractivity contribution >= 4 is 29.0 Å². The zero-order chi connectivity index (χ0) is 14.6. The van der Waals surface area contributed by atoms with E-state index in [2.05, 4.69) is 4.74 Å². The first-order chi connectivity index (χ1) is 8.88. The standard InChI is InChI=1S/C12H12Cl2F2O3/c1-3-4-18-8-5-7(13)10(14)9(6(2)17)11(8)19-12(15)16/h5,12H,3-4H2,1-2H3. The molecule has 0 saturated heterocycles. The molecule has 0 amide bonds. The van der Waals surface area contributed by atoms with Gasteiger partial charge in [0.2, 0.25) is 0 Å². The Bertz CT molecular complexity index is 479. The molecule has 0 aliphatic heterocycles. The molecule has 0 heterocycles. The summed E-state index contributed by atoms with van der Waals surface area (Å²) in [6.07, 6.45) is 0.657. The average molecular weight is 313 g/mol. The van der Waals surface area contributed by atoms with Crippen LogP contribution < -0.4 is 9.47 Å². The summed E-state index contributed by atoms with van der Waals surface area (Å²) in [7, 11) is 0. The monoisotopic (exact) mass is 312 g/mol. The third-order valence-corrected chi connectivity index (χ3v) is 2.95. The summed E-state index contributed by atoms with van der Waals surface area (Å²) >= 11 is 11.7. The van der Waals surface area contributed by atoms with Crippen molar-refractivity contribution < 1.29 is 23.0 Å². The Morgan fingerprint density at radius 1 is 1.42 bits per heavy atom. The third kappa shape index (κ3) is 3.94. The van der Waals surface area contributed by atoms with E-state index in [1.807, 2.05) is 6.92 Å². The minimum atomic E-state index is -3.10. The van der Waals surface area contributed by atoms with E-state index >= 15 is 0 Å². The smallest absolute Gasteiger partial charge is 0.387 e. The maximum absolute atomic E-state index is 12.4. The van der Waals surface area contributed by atoms with Gasteiger partial charge in [0.1, 0.15) is 0 Å². The molecule has 3 nitrogen and oxygen atoms in total. The number of halogens is 4. The van der Waals surface area contributed by atoms with Gasteiger partial charge in [-0.05, 0) is 13.3 Å². The molecule has 0 unspecified atom stereocenters. The highest BCUT2D eigenvalue weighted by Gasteiger charge is 2.24. The van der Waals surface area contributed by atoms with Crippen LogP contribution in [0.1, 0.15) is 30.6 Å². The number of rotatable bonds is 6. The lowest BCUT2D eigenvalue weighted by Gasteiger charge is -2.16. The molecule has 0 atom stereocenters. The number of Topliss-reactive ketones (excluding diaryl/α,β-unsaturated/α-hetero) is 1. The second-order valence-corrected chi connectivity index (χ2v) is 4.44. The van der Waals surface area contributed by atoms with Crippen molar-refractivity contribution in [1.29, 1.82) is 0 Å². The van der Waals surface area contributed by atoms with E-state index in [4.69, 9.17) is 27.9 Å². The van der Waals surface area contributed by atoms with Crippen LogP contribution in [-0.2, 0) is 0 Å². The van der Waals surface area contributed by atoms with Crippen molar-refractivity contribution in [3.8, 4) is 11.5 Å². The summed E-state index contributed by atoms with van der Waals surface area (Å²) in [5.41, 5.74) is -0.208. The first-order valence-corrected chi connectivity index (χ1v) is 6.24. The largest absolute Gasteiger partial charge is 0.490 e. The van der Waals surface area contributed by atoms with Gasteiger partial charge in [-0.1, -0.05) is 30.1 Å². The number of carbonyl (C=O) groups is 1. The number of benzene rings is 1. The fourth-order valence-corrected chi connectivity index (χ4v) is 1.89. The lowest BCUT2D eigenvalue weighted by Crippen LogP contribution is -2.10. The summed E-state index contributed by atoms with van der Waals surface area (Å²) in [5.74, 6) is -0.948. The molecule has 0 aliphatic rings. The number of hydrogen-bond donors (Lipinski definition) is 0. The zero-order valence-electron chi connectivity index (χ0n) is 10.3. The molecule has 0 N–H and O–H groups in total. The van der Waals surface area contributed by atoms with Crippen LogP contribution in [0.5, 0.6) is 11.5 Å². The number of ketones is 1. The minimum Gasteiger partial charge on any atom is -0.490 e. The molecule has 0 aliphatic carbocycles. The number of ether oxygens (including phenoxy) is 2. The molecule has 0 radical (unpaired) electrons. The molecule has 0 aromatic heterocycles. The van der Waals surface area contributed by atoms with Crippen molar-refractivity contribution in [3.63, 3.8) is 0 Å². The molecule has 7 heteroatoms. The van der Waals surface area contributed by atoms with E-state index in [0.717, 1.165) is 0 Å². The van der Waals surface area contributed by atoms with E-state index in [0.29, 0.717) is 6.42 Å².